The molecular weight excluding hydrogens is 428 g/mol. The summed E-state index contributed by atoms with van der Waals surface area (Å²) in [6.45, 7) is 3.61. The van der Waals surface area contributed by atoms with Gasteiger partial charge in [0.15, 0.2) is 5.82 Å². The van der Waals surface area contributed by atoms with E-state index in [0.717, 1.165) is 58.7 Å². The number of carbonyl (C=O) groups is 1. The Kier molecular flexibility index (Phi) is 5.90. The molecule has 0 unspecified atom stereocenters. The van der Waals surface area contributed by atoms with E-state index in [0.29, 0.717) is 0 Å². The fourth-order valence-electron chi connectivity index (χ4n) is 3.63. The number of amides is 1. The molecule has 1 N–H and O–H groups in total. The molecule has 0 atom stereocenters. The van der Waals surface area contributed by atoms with Gasteiger partial charge < -0.3 is 10.2 Å². The summed E-state index contributed by atoms with van der Waals surface area (Å²) in [6.07, 6.45) is 1.62. The molecule has 1 fully saturated rings. The molecule has 1 amide bonds. The largest absolute Gasteiger partial charge is 0.355 e. The summed E-state index contributed by atoms with van der Waals surface area (Å²) < 4.78 is 1.01. The van der Waals surface area contributed by atoms with Gasteiger partial charge in [-0.05, 0) is 55.7 Å². The first-order chi connectivity index (χ1) is 14.1. The molecule has 2 aromatic carbocycles. The molecule has 148 valence electrons. The van der Waals surface area contributed by atoms with Crippen LogP contribution >= 0.6 is 15.9 Å². The van der Waals surface area contributed by atoms with Crippen molar-refractivity contribution in [2.75, 3.05) is 23.3 Å². The summed E-state index contributed by atoms with van der Waals surface area (Å²) in [5, 5.41) is 11.9. The number of aryl methyl sites for hydroxylation is 1. The van der Waals surface area contributed by atoms with E-state index in [1.54, 1.807) is 0 Å². The molecule has 2 heterocycles. The lowest BCUT2D eigenvalue weighted by molar-refractivity contribution is -0.120. The van der Waals surface area contributed by atoms with E-state index in [-0.39, 0.29) is 11.8 Å². The Hall–Kier alpha value is -2.73. The molecule has 0 spiro atoms. The zero-order valence-electron chi connectivity index (χ0n) is 16.3. The Morgan fingerprint density at radius 1 is 1.03 bits per heavy atom. The Balaban J connectivity index is 1.35. The zero-order chi connectivity index (χ0) is 20.2. The molecule has 1 saturated heterocycles. The van der Waals surface area contributed by atoms with Crippen molar-refractivity contribution in [1.82, 2.24) is 10.2 Å². The molecule has 29 heavy (non-hydrogen) atoms. The minimum absolute atomic E-state index is 0.0193. The third-order valence-corrected chi connectivity index (χ3v) is 5.85. The lowest BCUT2D eigenvalue weighted by Crippen LogP contribution is -2.38. The summed E-state index contributed by atoms with van der Waals surface area (Å²) in [5.74, 6) is 0.985. The van der Waals surface area contributed by atoms with Crippen LogP contribution in [0.3, 0.4) is 0 Å². The number of carbonyl (C=O) groups excluding carboxylic acids is 1. The number of piperidine rings is 1. The second kappa shape index (κ2) is 8.74. The molecule has 0 aliphatic carbocycles. The average molecular weight is 451 g/mol. The van der Waals surface area contributed by atoms with Gasteiger partial charge in [0.2, 0.25) is 5.91 Å². The fraction of sp³-hybridized carbons (Fsp3) is 0.261. The first kappa shape index (κ1) is 19.6. The van der Waals surface area contributed by atoms with Gasteiger partial charge in [0.05, 0.1) is 5.69 Å². The third kappa shape index (κ3) is 4.65. The maximum Gasteiger partial charge on any atom is 0.227 e. The van der Waals surface area contributed by atoms with Crippen molar-refractivity contribution in [3.8, 4) is 11.3 Å². The van der Waals surface area contributed by atoms with Crippen molar-refractivity contribution in [1.29, 1.82) is 0 Å². The van der Waals surface area contributed by atoms with E-state index in [2.05, 4.69) is 36.3 Å². The lowest BCUT2D eigenvalue weighted by Gasteiger charge is -2.32. The standard InChI is InChI=1S/C23H23BrN4O/c1-16-15-19(24)7-8-20(16)25-23(29)18-11-13-28(14-12-18)22-10-9-21(26-27-22)17-5-3-2-4-6-17/h2-10,15,18H,11-14H2,1H3,(H,25,29). The average Bonchev–Trinajstić information content (AvgIpc) is 2.76. The van der Waals surface area contributed by atoms with Crippen molar-refractivity contribution in [3.05, 3.63) is 70.7 Å². The summed E-state index contributed by atoms with van der Waals surface area (Å²) in [7, 11) is 0. The van der Waals surface area contributed by atoms with E-state index in [9.17, 15) is 4.79 Å². The Morgan fingerprint density at radius 3 is 2.45 bits per heavy atom. The van der Waals surface area contributed by atoms with Crippen LogP contribution in [0.15, 0.2) is 65.1 Å². The summed E-state index contributed by atoms with van der Waals surface area (Å²) in [5.41, 5.74) is 3.86. The predicted molar refractivity (Wildman–Crippen MR) is 120 cm³/mol. The van der Waals surface area contributed by atoms with Crippen LogP contribution in [0.5, 0.6) is 0 Å². The Bertz CT molecular complexity index is 984. The molecule has 0 radical (unpaired) electrons. The van der Waals surface area contributed by atoms with Crippen molar-refractivity contribution in [2.45, 2.75) is 19.8 Å². The number of hydrogen-bond acceptors (Lipinski definition) is 4. The van der Waals surface area contributed by atoms with E-state index in [1.165, 1.54) is 0 Å². The van der Waals surface area contributed by atoms with Crippen LogP contribution in [0.4, 0.5) is 11.5 Å². The van der Waals surface area contributed by atoms with Gasteiger partial charge in [-0.3, -0.25) is 4.79 Å². The number of rotatable bonds is 4. The highest BCUT2D eigenvalue weighted by Gasteiger charge is 2.26. The summed E-state index contributed by atoms with van der Waals surface area (Å²) in [4.78, 5) is 14.9. The molecule has 6 heteroatoms. The lowest BCUT2D eigenvalue weighted by atomic mass is 9.95. The highest BCUT2D eigenvalue weighted by Crippen LogP contribution is 2.26. The number of anilines is 2. The fourth-order valence-corrected chi connectivity index (χ4v) is 4.11. The Labute approximate surface area is 179 Å². The summed E-state index contributed by atoms with van der Waals surface area (Å²) in [6, 6.07) is 20.0. The monoisotopic (exact) mass is 450 g/mol. The van der Waals surface area contributed by atoms with Gasteiger partial charge in [0.25, 0.3) is 0 Å². The molecule has 0 saturated carbocycles. The van der Waals surface area contributed by atoms with Crippen LogP contribution in [0.2, 0.25) is 0 Å². The van der Waals surface area contributed by atoms with Gasteiger partial charge in [-0.2, -0.15) is 0 Å². The minimum atomic E-state index is 0.0193. The van der Waals surface area contributed by atoms with Crippen LogP contribution in [0.1, 0.15) is 18.4 Å². The first-order valence-electron chi connectivity index (χ1n) is 9.81. The number of hydrogen-bond donors (Lipinski definition) is 1. The molecule has 3 aromatic rings. The third-order valence-electron chi connectivity index (χ3n) is 5.36. The van der Waals surface area contributed by atoms with Gasteiger partial charge >= 0.3 is 0 Å². The molecule has 1 aliphatic heterocycles. The van der Waals surface area contributed by atoms with Crippen molar-refractivity contribution < 1.29 is 4.79 Å². The van der Waals surface area contributed by atoms with Crippen LogP contribution in [-0.2, 0) is 4.79 Å². The quantitative estimate of drug-likeness (QED) is 0.602. The van der Waals surface area contributed by atoms with Gasteiger partial charge in [0, 0.05) is 34.7 Å². The topological polar surface area (TPSA) is 58.1 Å². The molecule has 0 bridgehead atoms. The number of halogens is 1. The summed E-state index contributed by atoms with van der Waals surface area (Å²) >= 11 is 3.46. The second-order valence-corrected chi connectivity index (χ2v) is 8.27. The predicted octanol–water partition coefficient (Wildman–Crippen LogP) is 5.07. The normalized spacial score (nSPS) is 14.6. The van der Waals surface area contributed by atoms with E-state index < -0.39 is 0 Å². The van der Waals surface area contributed by atoms with Crippen LogP contribution in [-0.4, -0.2) is 29.2 Å². The molecule has 1 aliphatic rings. The molecule has 5 nitrogen and oxygen atoms in total. The SMILES string of the molecule is Cc1cc(Br)ccc1NC(=O)C1CCN(c2ccc(-c3ccccc3)nn2)CC1. The molecular formula is C23H23BrN4O. The van der Waals surface area contributed by atoms with E-state index in [1.807, 2.05) is 67.6 Å². The van der Waals surface area contributed by atoms with Crippen molar-refractivity contribution in [3.63, 3.8) is 0 Å². The highest BCUT2D eigenvalue weighted by atomic mass is 79.9. The van der Waals surface area contributed by atoms with Crippen LogP contribution < -0.4 is 10.2 Å². The van der Waals surface area contributed by atoms with Crippen LogP contribution in [0, 0.1) is 12.8 Å². The highest BCUT2D eigenvalue weighted by molar-refractivity contribution is 9.10. The maximum absolute atomic E-state index is 12.7. The first-order valence-corrected chi connectivity index (χ1v) is 10.6. The number of nitrogens with one attached hydrogen (secondary N) is 1. The smallest absolute Gasteiger partial charge is 0.227 e. The second-order valence-electron chi connectivity index (χ2n) is 7.35. The number of benzene rings is 2. The maximum atomic E-state index is 12.7. The van der Waals surface area contributed by atoms with Gasteiger partial charge in [-0.1, -0.05) is 46.3 Å². The van der Waals surface area contributed by atoms with E-state index >= 15 is 0 Å². The van der Waals surface area contributed by atoms with Gasteiger partial charge in [-0.15, -0.1) is 10.2 Å². The molecule has 4 rings (SSSR count). The van der Waals surface area contributed by atoms with Gasteiger partial charge in [0.1, 0.15) is 0 Å². The Morgan fingerprint density at radius 2 is 1.79 bits per heavy atom. The van der Waals surface area contributed by atoms with E-state index in [4.69, 9.17) is 0 Å². The van der Waals surface area contributed by atoms with Crippen molar-refractivity contribution in [2.24, 2.45) is 5.92 Å². The zero-order valence-corrected chi connectivity index (χ0v) is 17.9. The van der Waals surface area contributed by atoms with Gasteiger partial charge in [-0.25, -0.2) is 0 Å². The van der Waals surface area contributed by atoms with Crippen molar-refractivity contribution >= 4 is 33.3 Å². The number of aromatic nitrogens is 2. The molecule has 1 aromatic heterocycles. The van der Waals surface area contributed by atoms with Crippen LogP contribution in [0.25, 0.3) is 11.3 Å². The minimum Gasteiger partial charge on any atom is -0.355 e. The number of nitrogens with zero attached hydrogens (tertiary/aromatic N) is 3.